The Morgan fingerprint density at radius 1 is 1.00 bits per heavy atom. The summed E-state index contributed by atoms with van der Waals surface area (Å²) in [6.07, 6.45) is 0.0546. The Kier molecular flexibility index (Phi) is 13.6. The molecule has 0 aromatic heterocycles. The minimum atomic E-state index is -4.40. The molecule has 0 radical (unpaired) electrons. The van der Waals surface area contributed by atoms with Crippen LogP contribution in [-0.2, 0) is 38.7 Å². The molecule has 9 nitrogen and oxygen atoms in total. The first-order valence-electron chi connectivity index (χ1n) is 8.05. The summed E-state index contributed by atoms with van der Waals surface area (Å²) in [6.45, 7) is 10.9. The van der Waals surface area contributed by atoms with Gasteiger partial charge in [0, 0.05) is 11.1 Å². The molecule has 28 heavy (non-hydrogen) atoms. The van der Waals surface area contributed by atoms with Crippen LogP contribution in [0.3, 0.4) is 0 Å². The summed E-state index contributed by atoms with van der Waals surface area (Å²) in [5.41, 5.74) is -1.35. The van der Waals surface area contributed by atoms with Gasteiger partial charge in [-0.25, -0.2) is 9.59 Å². The van der Waals surface area contributed by atoms with Gasteiger partial charge in [-0.3, -0.25) is 9.35 Å². The summed E-state index contributed by atoms with van der Waals surface area (Å²) < 4.78 is 46.1. The summed E-state index contributed by atoms with van der Waals surface area (Å²) in [5.74, 6) is -2.44. The molecule has 1 atom stereocenters. The van der Waals surface area contributed by atoms with Crippen molar-refractivity contribution in [3.05, 3.63) is 24.3 Å². The van der Waals surface area contributed by atoms with Gasteiger partial charge in [0.05, 0.1) is 0 Å². The number of carbonyl (C=O) groups is 3. The normalized spacial score (nSPS) is 12.2. The Morgan fingerprint density at radius 3 is 1.68 bits per heavy atom. The number of carbonyl (C=O) groups excluding carboxylic acids is 3. The van der Waals surface area contributed by atoms with Crippen molar-refractivity contribution >= 4 is 79.4 Å². The van der Waals surface area contributed by atoms with Gasteiger partial charge in [-0.1, -0.05) is 20.1 Å². The zero-order chi connectivity index (χ0) is 21.4. The first-order valence-corrected chi connectivity index (χ1v) is 9.56. The molecule has 0 aliphatic heterocycles. The third-order valence-corrected chi connectivity index (χ3v) is 4.88. The third-order valence-electron chi connectivity index (χ3n) is 3.72. The number of rotatable bonds is 11. The van der Waals surface area contributed by atoms with E-state index in [-0.39, 0.29) is 69.0 Å². The van der Waals surface area contributed by atoms with Crippen molar-refractivity contribution in [2.75, 3.05) is 19.8 Å². The molecule has 1 N–H and O–H groups in total. The predicted octanol–water partition coefficient (Wildman–Crippen LogP) is 0.792. The first kappa shape index (κ1) is 29.6. The van der Waals surface area contributed by atoms with Crippen LogP contribution < -0.4 is 0 Å². The molecule has 0 bridgehead atoms. The number of hydrogen-bond donors (Lipinski definition) is 1. The maximum absolute atomic E-state index is 12.6. The molecule has 0 aromatic carbocycles. The summed E-state index contributed by atoms with van der Waals surface area (Å²) >= 11 is 0. The van der Waals surface area contributed by atoms with E-state index < -0.39 is 58.5 Å². The van der Waals surface area contributed by atoms with Crippen LogP contribution in [0.4, 0.5) is 0 Å². The van der Waals surface area contributed by atoms with Crippen molar-refractivity contribution in [1.29, 1.82) is 0 Å². The SMILES string of the molecule is C=C(C)C(=O)OCC(CC)(COC(=O)C(=C)C)C(=O)OCC(C)S(=O)(=O)O.[KH]. The van der Waals surface area contributed by atoms with E-state index in [0.29, 0.717) is 0 Å². The summed E-state index contributed by atoms with van der Waals surface area (Å²) in [7, 11) is -4.40. The zero-order valence-corrected chi connectivity index (χ0v) is 16.8. The van der Waals surface area contributed by atoms with Crippen molar-refractivity contribution in [2.45, 2.75) is 39.4 Å². The molecule has 0 fully saturated rings. The first-order chi connectivity index (χ1) is 12.3. The molecular formula is C17H27KO9S. The van der Waals surface area contributed by atoms with Gasteiger partial charge in [0.2, 0.25) is 0 Å². The topological polar surface area (TPSA) is 133 Å². The van der Waals surface area contributed by atoms with Gasteiger partial charge in [-0.05, 0) is 27.2 Å². The van der Waals surface area contributed by atoms with E-state index in [9.17, 15) is 22.8 Å². The van der Waals surface area contributed by atoms with E-state index in [1.165, 1.54) is 13.8 Å². The van der Waals surface area contributed by atoms with Gasteiger partial charge in [-0.2, -0.15) is 8.42 Å². The van der Waals surface area contributed by atoms with Gasteiger partial charge in [0.15, 0.2) is 0 Å². The van der Waals surface area contributed by atoms with Gasteiger partial charge in [0.1, 0.15) is 30.5 Å². The van der Waals surface area contributed by atoms with E-state index >= 15 is 0 Å². The van der Waals surface area contributed by atoms with Crippen LogP contribution in [0.2, 0.25) is 0 Å². The molecule has 0 saturated heterocycles. The molecule has 0 amide bonds. The van der Waals surface area contributed by atoms with Crippen LogP contribution in [-0.4, -0.2) is 107 Å². The van der Waals surface area contributed by atoms with E-state index in [4.69, 9.17) is 18.8 Å². The standard InChI is InChI=1S/C17H26O9S.K.H/c1-7-17(9-25-14(18)11(2)3,10-26-15(19)12(4)5)16(20)24-8-13(6)27(21,22)23;;/h13H,2,4,7-10H2,1,3,5-6H3,(H,21,22,23);;. The van der Waals surface area contributed by atoms with Gasteiger partial charge < -0.3 is 14.2 Å². The molecule has 0 spiro atoms. The Bertz CT molecular complexity index is 682. The molecule has 0 rings (SSSR count). The molecule has 0 saturated carbocycles. The van der Waals surface area contributed by atoms with Crippen LogP contribution >= 0.6 is 0 Å². The quantitative estimate of drug-likeness (QED) is 0.161. The van der Waals surface area contributed by atoms with Crippen molar-refractivity contribution < 1.29 is 41.6 Å². The second-order valence-corrected chi connectivity index (χ2v) is 8.11. The Balaban J connectivity index is 0. The van der Waals surface area contributed by atoms with Crippen LogP contribution in [0.25, 0.3) is 0 Å². The van der Waals surface area contributed by atoms with Crippen LogP contribution in [0.15, 0.2) is 24.3 Å². The monoisotopic (exact) mass is 446 g/mol. The van der Waals surface area contributed by atoms with E-state index in [1.807, 2.05) is 0 Å². The molecule has 1 unspecified atom stereocenters. The number of esters is 3. The second-order valence-electron chi connectivity index (χ2n) is 6.27. The average molecular weight is 447 g/mol. The summed E-state index contributed by atoms with van der Waals surface area (Å²) in [6, 6.07) is 0. The van der Waals surface area contributed by atoms with E-state index in [0.717, 1.165) is 6.92 Å². The molecule has 0 aliphatic carbocycles. The molecular weight excluding hydrogens is 419 g/mol. The minimum absolute atomic E-state index is 0. The summed E-state index contributed by atoms with van der Waals surface area (Å²) in [5, 5.41) is -1.35. The van der Waals surface area contributed by atoms with Gasteiger partial charge >= 0.3 is 69.3 Å². The van der Waals surface area contributed by atoms with Crippen LogP contribution in [0, 0.1) is 5.41 Å². The van der Waals surface area contributed by atoms with E-state index in [1.54, 1.807) is 6.92 Å². The zero-order valence-electron chi connectivity index (χ0n) is 15.9. The number of hydrogen-bond acceptors (Lipinski definition) is 8. The molecule has 0 aromatic rings. The Hall–Kier alpha value is -0.564. The summed E-state index contributed by atoms with van der Waals surface area (Å²) in [4.78, 5) is 35.9. The fourth-order valence-corrected chi connectivity index (χ4v) is 1.83. The molecule has 11 heteroatoms. The second kappa shape index (κ2) is 12.9. The molecule has 0 aliphatic rings. The fourth-order valence-electron chi connectivity index (χ4n) is 1.59. The fraction of sp³-hybridized carbons (Fsp3) is 0.588. The Morgan fingerprint density at radius 2 is 1.39 bits per heavy atom. The van der Waals surface area contributed by atoms with Gasteiger partial charge in [-0.15, -0.1) is 0 Å². The van der Waals surface area contributed by atoms with Gasteiger partial charge in [0.25, 0.3) is 10.1 Å². The number of ether oxygens (including phenoxy) is 3. The van der Waals surface area contributed by atoms with E-state index in [2.05, 4.69) is 13.2 Å². The predicted molar refractivity (Wildman–Crippen MR) is 103 cm³/mol. The molecule has 0 heterocycles. The van der Waals surface area contributed by atoms with Crippen molar-refractivity contribution in [3.63, 3.8) is 0 Å². The van der Waals surface area contributed by atoms with Crippen molar-refractivity contribution in [2.24, 2.45) is 5.41 Å². The van der Waals surface area contributed by atoms with Crippen LogP contribution in [0.5, 0.6) is 0 Å². The third kappa shape index (κ3) is 9.77. The average Bonchev–Trinajstić information content (AvgIpc) is 2.58. The van der Waals surface area contributed by atoms with Crippen molar-refractivity contribution in [1.82, 2.24) is 0 Å². The molecule has 156 valence electrons. The van der Waals surface area contributed by atoms with Crippen molar-refractivity contribution in [3.8, 4) is 0 Å². The maximum atomic E-state index is 12.6. The Labute approximate surface area is 208 Å². The van der Waals surface area contributed by atoms with Crippen LogP contribution in [0.1, 0.15) is 34.1 Å².